The average Bonchev–Trinajstić information content (AvgIpc) is 3.83. The van der Waals surface area contributed by atoms with Gasteiger partial charge in [0.15, 0.2) is 0 Å². The maximum Gasteiger partial charge on any atom is 0.283 e. The predicted molar refractivity (Wildman–Crippen MR) is 188 cm³/mol. The van der Waals surface area contributed by atoms with Gasteiger partial charge in [0.25, 0.3) is 17.4 Å². The maximum absolute atomic E-state index is 14.5. The first kappa shape index (κ1) is 36.0. The molecule has 4 heterocycles. The molecule has 2 fully saturated rings. The van der Waals surface area contributed by atoms with Gasteiger partial charge in [0.1, 0.15) is 30.2 Å². The number of rotatable bonds is 14. The van der Waals surface area contributed by atoms with Crippen LogP contribution in [0.15, 0.2) is 47.5 Å². The third kappa shape index (κ3) is 8.03. The van der Waals surface area contributed by atoms with Crippen LogP contribution in [0.25, 0.3) is 28.0 Å². The lowest BCUT2D eigenvalue weighted by Gasteiger charge is -2.39. The Hall–Kier alpha value is -3.85. The van der Waals surface area contributed by atoms with Gasteiger partial charge in [0, 0.05) is 52.2 Å². The number of likely N-dealkylation sites (tertiary alicyclic amines) is 1. The van der Waals surface area contributed by atoms with Crippen LogP contribution >= 0.6 is 0 Å². The lowest BCUT2D eigenvalue weighted by atomic mass is 9.96. The average molecular weight is 711 g/mol. The quantitative estimate of drug-likeness (QED) is 0.115. The molecule has 1 saturated heterocycles. The van der Waals surface area contributed by atoms with E-state index in [2.05, 4.69) is 29.5 Å². The highest BCUT2D eigenvalue weighted by atomic mass is 28.3. The second-order valence-electron chi connectivity index (χ2n) is 14.9. The minimum atomic E-state index is -2.96. The number of benzene rings is 1. The molecule has 1 aliphatic carbocycles. The largest absolute Gasteiger partial charge is 0.380 e. The fraction of sp³-hybridized carbons (Fsp3) is 0.500. The molecule has 0 unspecified atom stereocenters. The fourth-order valence-corrected chi connectivity index (χ4v) is 6.96. The second kappa shape index (κ2) is 14.0. The highest BCUT2D eigenvalue weighted by Crippen LogP contribution is 2.41. The molecule has 6 rings (SSSR count). The molecule has 50 heavy (non-hydrogen) atoms. The number of halogens is 3. The van der Waals surface area contributed by atoms with Gasteiger partial charge in [-0.1, -0.05) is 25.7 Å². The van der Waals surface area contributed by atoms with Crippen molar-refractivity contribution in [3.63, 3.8) is 0 Å². The number of methoxy groups -OCH3 is 1. The summed E-state index contributed by atoms with van der Waals surface area (Å²) in [5.74, 6) is -3.84. The molecule has 0 spiro atoms. The van der Waals surface area contributed by atoms with Gasteiger partial charge >= 0.3 is 0 Å². The SMILES string of the molecule is CO[C@@H](C)CN(C)Cc1cc2ncn(-c3cc(-c4ccc(F)cc4C(=O)N4CC(F)(F)C4)cc(C4CC4)n3)c(=O)c2n1COCC[Si](C)(C)C. The third-order valence-electron chi connectivity index (χ3n) is 9.24. The molecule has 0 N–H and O–H groups in total. The first-order valence-electron chi connectivity index (χ1n) is 17.0. The Balaban J connectivity index is 1.42. The van der Waals surface area contributed by atoms with Crippen molar-refractivity contribution in [3.8, 4) is 16.9 Å². The van der Waals surface area contributed by atoms with E-state index in [1.54, 1.807) is 13.2 Å². The Morgan fingerprint density at radius 3 is 2.54 bits per heavy atom. The number of hydrogen-bond acceptors (Lipinski definition) is 7. The summed E-state index contributed by atoms with van der Waals surface area (Å²) in [4.78, 5) is 40.4. The summed E-state index contributed by atoms with van der Waals surface area (Å²) in [6, 6.07) is 10.2. The van der Waals surface area contributed by atoms with Crippen molar-refractivity contribution in [2.75, 3.05) is 40.4 Å². The molecular weight excluding hydrogens is 666 g/mol. The van der Waals surface area contributed by atoms with Gasteiger partial charge in [-0.25, -0.2) is 27.7 Å². The smallest absolute Gasteiger partial charge is 0.283 e. The molecule has 1 aliphatic heterocycles. The minimum absolute atomic E-state index is 0.0176. The number of pyridine rings is 1. The van der Waals surface area contributed by atoms with E-state index >= 15 is 0 Å². The van der Waals surface area contributed by atoms with Crippen LogP contribution in [0.3, 0.4) is 0 Å². The number of aromatic nitrogens is 4. The first-order valence-corrected chi connectivity index (χ1v) is 20.7. The molecule has 0 radical (unpaired) electrons. The van der Waals surface area contributed by atoms with Gasteiger partial charge in [-0.2, -0.15) is 0 Å². The van der Waals surface area contributed by atoms with Crippen LogP contribution in [0, 0.1) is 5.82 Å². The standard InChI is InChI=1S/C36H45F3N6O4Si/c1-23(48-3)17-42(2)18-27-16-31-33(45(27)22-49-11-12-50(4,5)6)35(47)44(21-40-31)32-14-25(13-30(41-32)24-7-8-24)28-10-9-26(37)15-29(28)34(46)43-19-36(38,39)20-43/h9-10,13-16,21,23-24H,7-8,11-12,17-20,22H2,1-6H3/t23-/m0/s1. The fourth-order valence-electron chi connectivity index (χ4n) is 6.20. The number of alkyl halides is 2. The molecule has 14 heteroatoms. The van der Waals surface area contributed by atoms with E-state index in [1.807, 2.05) is 30.7 Å². The number of carbonyl (C=O) groups excluding carboxylic acids is 1. The van der Waals surface area contributed by atoms with Gasteiger partial charge in [0.2, 0.25) is 0 Å². The van der Waals surface area contributed by atoms with Crippen molar-refractivity contribution in [1.82, 2.24) is 28.9 Å². The van der Waals surface area contributed by atoms with Gasteiger partial charge in [-0.3, -0.25) is 14.5 Å². The summed E-state index contributed by atoms with van der Waals surface area (Å²) >= 11 is 0. The Bertz CT molecular complexity index is 1950. The number of amides is 1. The molecule has 2 aliphatic rings. The summed E-state index contributed by atoms with van der Waals surface area (Å²) in [6.45, 7) is 9.37. The molecule has 268 valence electrons. The minimum Gasteiger partial charge on any atom is -0.380 e. The Labute approximate surface area is 290 Å². The number of hydrogen-bond donors (Lipinski definition) is 0. The molecule has 1 aromatic carbocycles. The van der Waals surface area contributed by atoms with Crippen molar-refractivity contribution in [2.45, 2.75) is 76.7 Å². The van der Waals surface area contributed by atoms with Crippen molar-refractivity contribution >= 4 is 25.0 Å². The van der Waals surface area contributed by atoms with Crippen molar-refractivity contribution < 1.29 is 27.4 Å². The van der Waals surface area contributed by atoms with E-state index in [4.69, 9.17) is 14.5 Å². The number of likely N-dealkylation sites (N-methyl/N-ethyl adjacent to an activating group) is 1. The summed E-state index contributed by atoms with van der Waals surface area (Å²) in [6.07, 6.45) is 3.29. The normalized spacial score (nSPS) is 16.6. The van der Waals surface area contributed by atoms with Crippen LogP contribution in [-0.4, -0.2) is 95.3 Å². The number of ether oxygens (including phenoxy) is 2. The van der Waals surface area contributed by atoms with Crippen LogP contribution in [0.2, 0.25) is 25.7 Å². The lowest BCUT2D eigenvalue weighted by Crippen LogP contribution is -2.58. The molecule has 4 aromatic rings. The van der Waals surface area contributed by atoms with Crippen molar-refractivity contribution in [2.24, 2.45) is 0 Å². The van der Waals surface area contributed by atoms with Crippen LogP contribution in [0.4, 0.5) is 13.2 Å². The molecule has 0 bridgehead atoms. The summed E-state index contributed by atoms with van der Waals surface area (Å²) in [7, 11) is 2.32. The van der Waals surface area contributed by atoms with Crippen molar-refractivity contribution in [1.29, 1.82) is 0 Å². The Morgan fingerprint density at radius 1 is 1.14 bits per heavy atom. The zero-order valence-corrected chi connectivity index (χ0v) is 30.5. The second-order valence-corrected chi connectivity index (χ2v) is 20.5. The van der Waals surface area contributed by atoms with Gasteiger partial charge in [0.05, 0.1) is 30.3 Å². The molecule has 3 aromatic heterocycles. The monoisotopic (exact) mass is 710 g/mol. The maximum atomic E-state index is 14.5. The topological polar surface area (TPSA) is 94.7 Å². The third-order valence-corrected chi connectivity index (χ3v) is 10.9. The highest BCUT2D eigenvalue weighted by Gasteiger charge is 2.46. The zero-order valence-electron chi connectivity index (χ0n) is 29.5. The number of carbonyl (C=O) groups is 1. The first-order chi connectivity index (χ1) is 23.6. The van der Waals surface area contributed by atoms with E-state index in [0.29, 0.717) is 47.7 Å². The van der Waals surface area contributed by atoms with Crippen LogP contribution < -0.4 is 5.56 Å². The lowest BCUT2D eigenvalue weighted by molar-refractivity contribution is -0.113. The number of nitrogens with zero attached hydrogens (tertiary/aromatic N) is 6. The molecular formula is C36H45F3N6O4Si. The Kier molecular flexibility index (Phi) is 10.1. The predicted octanol–water partition coefficient (Wildman–Crippen LogP) is 6.14. The molecule has 1 saturated carbocycles. The van der Waals surface area contributed by atoms with Crippen LogP contribution in [0.5, 0.6) is 0 Å². The Morgan fingerprint density at radius 2 is 1.88 bits per heavy atom. The summed E-state index contributed by atoms with van der Waals surface area (Å²) < 4.78 is 56.7. The summed E-state index contributed by atoms with van der Waals surface area (Å²) in [5, 5.41) is 0. The van der Waals surface area contributed by atoms with Crippen LogP contribution in [0.1, 0.15) is 47.4 Å². The molecule has 10 nitrogen and oxygen atoms in total. The highest BCUT2D eigenvalue weighted by molar-refractivity contribution is 6.76. The summed E-state index contributed by atoms with van der Waals surface area (Å²) in [5.41, 5.74) is 3.02. The van der Waals surface area contributed by atoms with E-state index in [1.165, 1.54) is 23.0 Å². The van der Waals surface area contributed by atoms with E-state index < -0.39 is 38.8 Å². The van der Waals surface area contributed by atoms with Gasteiger partial charge < -0.3 is 18.9 Å². The van der Waals surface area contributed by atoms with E-state index in [9.17, 15) is 22.8 Å². The van der Waals surface area contributed by atoms with E-state index in [0.717, 1.165) is 41.2 Å². The zero-order chi connectivity index (χ0) is 36.0. The van der Waals surface area contributed by atoms with Crippen molar-refractivity contribution in [3.05, 3.63) is 75.8 Å². The molecule has 1 atom stereocenters. The molecule has 1 amide bonds. The van der Waals surface area contributed by atoms with Crippen LogP contribution in [-0.2, 0) is 22.7 Å². The van der Waals surface area contributed by atoms with Gasteiger partial charge in [-0.05, 0) is 74.3 Å². The number of fused-ring (bicyclic) bond motifs is 1. The van der Waals surface area contributed by atoms with Gasteiger partial charge in [-0.15, -0.1) is 0 Å². The van der Waals surface area contributed by atoms with E-state index in [-0.39, 0.29) is 29.9 Å².